The predicted octanol–water partition coefficient (Wildman–Crippen LogP) is 3.87. The molecule has 1 aliphatic rings. The summed E-state index contributed by atoms with van der Waals surface area (Å²) in [6.07, 6.45) is 5.18. The van der Waals surface area contributed by atoms with Crippen LogP contribution in [0.4, 0.5) is 0 Å². The molecule has 1 aromatic carbocycles. The molecule has 0 N–H and O–H groups in total. The summed E-state index contributed by atoms with van der Waals surface area (Å²) in [6, 6.07) is 7.91. The van der Waals surface area contributed by atoms with Crippen molar-refractivity contribution in [2.24, 2.45) is 0 Å². The fourth-order valence-corrected chi connectivity index (χ4v) is 2.37. The lowest BCUT2D eigenvalue weighted by Crippen LogP contribution is -1.92. The van der Waals surface area contributed by atoms with E-state index >= 15 is 0 Å². The Labute approximate surface area is 89.3 Å². The maximum absolute atomic E-state index is 8.74. The van der Waals surface area contributed by atoms with Crippen molar-refractivity contribution in [1.29, 1.82) is 5.26 Å². The third-order valence-electron chi connectivity index (χ3n) is 2.94. The van der Waals surface area contributed by atoms with E-state index in [1.807, 2.05) is 18.2 Å². The third kappa shape index (κ3) is 1.76. The first-order chi connectivity index (χ1) is 6.81. The third-order valence-corrected chi connectivity index (χ3v) is 3.25. The van der Waals surface area contributed by atoms with Crippen LogP contribution < -0.4 is 0 Å². The molecule has 14 heavy (non-hydrogen) atoms. The van der Waals surface area contributed by atoms with E-state index < -0.39 is 0 Å². The molecular formula is C12H12ClN. The number of nitrogens with zero attached hydrogens (tertiary/aromatic N) is 1. The minimum atomic E-state index is 0.577. The van der Waals surface area contributed by atoms with Crippen LogP contribution >= 0.6 is 11.6 Å². The summed E-state index contributed by atoms with van der Waals surface area (Å²) in [5.74, 6) is 0.667. The maximum atomic E-state index is 8.74. The number of benzene rings is 1. The monoisotopic (exact) mass is 205 g/mol. The van der Waals surface area contributed by atoms with Crippen molar-refractivity contribution in [1.82, 2.24) is 0 Å². The van der Waals surface area contributed by atoms with Crippen LogP contribution in [0.3, 0.4) is 0 Å². The van der Waals surface area contributed by atoms with Crippen LogP contribution in [0.5, 0.6) is 0 Å². The number of hydrogen-bond acceptors (Lipinski definition) is 1. The Kier molecular flexibility index (Phi) is 2.74. The second-order valence-corrected chi connectivity index (χ2v) is 4.24. The number of halogens is 1. The van der Waals surface area contributed by atoms with Gasteiger partial charge in [-0.15, -0.1) is 0 Å². The smallest absolute Gasteiger partial charge is 0.101 e. The normalized spacial score (nSPS) is 16.9. The van der Waals surface area contributed by atoms with Crippen LogP contribution in [0.15, 0.2) is 18.2 Å². The van der Waals surface area contributed by atoms with Crippen LogP contribution in [-0.2, 0) is 0 Å². The molecule has 0 radical (unpaired) electrons. The van der Waals surface area contributed by atoms with Gasteiger partial charge in [0.15, 0.2) is 0 Å². The molecule has 0 aliphatic heterocycles. The predicted molar refractivity (Wildman–Crippen MR) is 57.4 cm³/mol. The summed E-state index contributed by atoms with van der Waals surface area (Å²) in [6.45, 7) is 0. The maximum Gasteiger partial charge on any atom is 0.101 e. The van der Waals surface area contributed by atoms with Gasteiger partial charge in [0, 0.05) is 0 Å². The van der Waals surface area contributed by atoms with Gasteiger partial charge in [-0.1, -0.05) is 30.5 Å². The summed E-state index contributed by atoms with van der Waals surface area (Å²) in [5.41, 5.74) is 1.87. The first-order valence-electron chi connectivity index (χ1n) is 5.01. The first kappa shape index (κ1) is 9.55. The fraction of sp³-hybridized carbons (Fsp3) is 0.417. The second-order valence-electron chi connectivity index (χ2n) is 3.83. The minimum Gasteiger partial charge on any atom is -0.192 e. The highest BCUT2D eigenvalue weighted by molar-refractivity contribution is 6.31. The van der Waals surface area contributed by atoms with Gasteiger partial charge in [-0.2, -0.15) is 5.26 Å². The van der Waals surface area contributed by atoms with Crippen LogP contribution in [0.25, 0.3) is 0 Å². The zero-order valence-electron chi connectivity index (χ0n) is 7.96. The van der Waals surface area contributed by atoms with Crippen molar-refractivity contribution >= 4 is 11.6 Å². The van der Waals surface area contributed by atoms with Crippen LogP contribution in [-0.4, -0.2) is 0 Å². The Morgan fingerprint density at radius 3 is 2.57 bits per heavy atom. The molecule has 1 aromatic rings. The van der Waals surface area contributed by atoms with E-state index in [0.717, 1.165) is 0 Å². The first-order valence-corrected chi connectivity index (χ1v) is 5.38. The molecule has 0 aromatic heterocycles. The molecule has 1 aliphatic carbocycles. The summed E-state index contributed by atoms with van der Waals surface area (Å²) >= 11 is 5.99. The van der Waals surface area contributed by atoms with E-state index in [9.17, 15) is 0 Å². The van der Waals surface area contributed by atoms with Crippen molar-refractivity contribution in [3.05, 3.63) is 34.3 Å². The Morgan fingerprint density at radius 2 is 2.00 bits per heavy atom. The molecule has 2 heteroatoms. The van der Waals surface area contributed by atoms with Gasteiger partial charge in [0.2, 0.25) is 0 Å². The zero-order chi connectivity index (χ0) is 9.97. The molecule has 0 heterocycles. The average molecular weight is 206 g/mol. The SMILES string of the molecule is N#Cc1ccc(C2CCCC2)cc1Cl. The van der Waals surface area contributed by atoms with Crippen molar-refractivity contribution in [2.45, 2.75) is 31.6 Å². The number of rotatable bonds is 1. The van der Waals surface area contributed by atoms with Crippen molar-refractivity contribution in [2.75, 3.05) is 0 Å². The molecule has 0 amide bonds. The lowest BCUT2D eigenvalue weighted by molar-refractivity contribution is 0.723. The Bertz CT molecular complexity index is 372. The molecule has 2 rings (SSSR count). The van der Waals surface area contributed by atoms with Gasteiger partial charge < -0.3 is 0 Å². The van der Waals surface area contributed by atoms with Gasteiger partial charge in [0.25, 0.3) is 0 Å². The van der Waals surface area contributed by atoms with Crippen LogP contribution in [0.1, 0.15) is 42.7 Å². The molecule has 1 nitrogen and oxygen atoms in total. The minimum absolute atomic E-state index is 0.577. The average Bonchev–Trinajstić information content (AvgIpc) is 2.70. The Balaban J connectivity index is 2.28. The molecule has 0 atom stereocenters. The number of nitriles is 1. The van der Waals surface area contributed by atoms with Gasteiger partial charge in [0.05, 0.1) is 10.6 Å². The van der Waals surface area contributed by atoms with Crippen molar-refractivity contribution in [3.63, 3.8) is 0 Å². The van der Waals surface area contributed by atoms with E-state index in [-0.39, 0.29) is 0 Å². The van der Waals surface area contributed by atoms with Gasteiger partial charge in [-0.05, 0) is 36.5 Å². The summed E-state index contributed by atoms with van der Waals surface area (Å²) in [5, 5.41) is 9.33. The highest BCUT2D eigenvalue weighted by Crippen LogP contribution is 2.35. The Morgan fingerprint density at radius 1 is 1.29 bits per heavy atom. The fourth-order valence-electron chi connectivity index (χ4n) is 2.14. The van der Waals surface area contributed by atoms with E-state index in [4.69, 9.17) is 16.9 Å². The molecule has 1 saturated carbocycles. The van der Waals surface area contributed by atoms with Crippen LogP contribution in [0, 0.1) is 11.3 Å². The molecule has 0 unspecified atom stereocenters. The summed E-state index contributed by atoms with van der Waals surface area (Å²) in [4.78, 5) is 0. The largest absolute Gasteiger partial charge is 0.192 e. The second kappa shape index (κ2) is 4.02. The zero-order valence-corrected chi connectivity index (χ0v) is 8.72. The summed E-state index contributed by atoms with van der Waals surface area (Å²) < 4.78 is 0. The lowest BCUT2D eigenvalue weighted by atomic mass is 9.97. The van der Waals surface area contributed by atoms with Gasteiger partial charge in [-0.3, -0.25) is 0 Å². The van der Waals surface area contributed by atoms with E-state index in [0.29, 0.717) is 16.5 Å². The molecule has 0 bridgehead atoms. The number of hydrogen-bond donors (Lipinski definition) is 0. The van der Waals surface area contributed by atoms with E-state index in [1.165, 1.54) is 31.2 Å². The highest BCUT2D eigenvalue weighted by Gasteiger charge is 2.17. The summed E-state index contributed by atoms with van der Waals surface area (Å²) in [7, 11) is 0. The van der Waals surface area contributed by atoms with Gasteiger partial charge >= 0.3 is 0 Å². The van der Waals surface area contributed by atoms with Crippen molar-refractivity contribution < 1.29 is 0 Å². The Hall–Kier alpha value is -1.00. The topological polar surface area (TPSA) is 23.8 Å². The van der Waals surface area contributed by atoms with E-state index in [2.05, 4.69) is 6.07 Å². The standard InChI is InChI=1S/C12H12ClN/c13-12-7-10(5-6-11(12)8-14)9-3-1-2-4-9/h5-7,9H,1-4H2. The lowest BCUT2D eigenvalue weighted by Gasteiger charge is -2.09. The molecule has 0 saturated heterocycles. The molecule has 0 spiro atoms. The highest BCUT2D eigenvalue weighted by atomic mass is 35.5. The molecule has 1 fully saturated rings. The molecule has 72 valence electrons. The van der Waals surface area contributed by atoms with E-state index in [1.54, 1.807) is 0 Å². The molecular weight excluding hydrogens is 194 g/mol. The van der Waals surface area contributed by atoms with Gasteiger partial charge in [0.1, 0.15) is 6.07 Å². The van der Waals surface area contributed by atoms with Gasteiger partial charge in [-0.25, -0.2) is 0 Å². The van der Waals surface area contributed by atoms with Crippen molar-refractivity contribution in [3.8, 4) is 6.07 Å². The quantitative estimate of drug-likeness (QED) is 0.683. The van der Waals surface area contributed by atoms with Crippen LogP contribution in [0.2, 0.25) is 5.02 Å².